The van der Waals surface area contributed by atoms with Crippen molar-refractivity contribution in [3.63, 3.8) is 0 Å². The molecule has 0 radical (unpaired) electrons. The summed E-state index contributed by atoms with van der Waals surface area (Å²) in [5.41, 5.74) is 1.38. The zero-order valence-corrected chi connectivity index (χ0v) is 16.3. The third-order valence-corrected chi connectivity index (χ3v) is 5.17. The Morgan fingerprint density at radius 1 is 1.10 bits per heavy atom. The largest absolute Gasteiger partial charge is 0.461 e. The predicted octanol–water partition coefficient (Wildman–Crippen LogP) is 2.86. The van der Waals surface area contributed by atoms with Crippen molar-refractivity contribution < 1.29 is 9.21 Å². The van der Waals surface area contributed by atoms with Crippen LogP contribution in [0, 0.1) is 0 Å². The summed E-state index contributed by atoms with van der Waals surface area (Å²) in [6, 6.07) is 15.0. The van der Waals surface area contributed by atoms with Crippen LogP contribution in [0.5, 0.6) is 0 Å². The molecule has 8 heteroatoms. The van der Waals surface area contributed by atoms with Gasteiger partial charge in [-0.25, -0.2) is 9.48 Å². The summed E-state index contributed by atoms with van der Waals surface area (Å²) in [6.45, 7) is 0.594. The molecule has 0 unspecified atom stereocenters. The van der Waals surface area contributed by atoms with E-state index in [0.717, 1.165) is 18.5 Å². The molecule has 1 fully saturated rings. The Morgan fingerprint density at radius 3 is 2.53 bits per heavy atom. The minimum Gasteiger partial charge on any atom is -0.461 e. The van der Waals surface area contributed by atoms with Crippen molar-refractivity contribution in [3.8, 4) is 17.3 Å². The summed E-state index contributed by atoms with van der Waals surface area (Å²) in [7, 11) is 0. The van der Waals surface area contributed by atoms with Gasteiger partial charge in [-0.05, 0) is 61.4 Å². The normalized spacial score (nSPS) is 13.5. The lowest BCUT2D eigenvalue weighted by Crippen LogP contribution is -2.32. The molecule has 1 aliphatic rings. The Bertz CT molecular complexity index is 1200. The molecule has 152 valence electrons. The van der Waals surface area contributed by atoms with E-state index >= 15 is 0 Å². The molecule has 0 spiro atoms. The van der Waals surface area contributed by atoms with E-state index in [2.05, 4.69) is 10.4 Å². The molecule has 1 amide bonds. The Morgan fingerprint density at radius 2 is 1.87 bits per heavy atom. The average molecular weight is 403 g/mol. The fourth-order valence-electron chi connectivity index (χ4n) is 3.47. The summed E-state index contributed by atoms with van der Waals surface area (Å²) in [4.78, 5) is 25.2. The van der Waals surface area contributed by atoms with Gasteiger partial charge in [0.2, 0.25) is 5.82 Å². The molecule has 3 aromatic heterocycles. The van der Waals surface area contributed by atoms with Gasteiger partial charge in [-0.3, -0.25) is 9.36 Å². The first-order valence-corrected chi connectivity index (χ1v) is 9.95. The van der Waals surface area contributed by atoms with Crippen molar-refractivity contribution in [2.75, 3.05) is 6.54 Å². The molecule has 3 heterocycles. The molecular weight excluding hydrogens is 382 g/mol. The van der Waals surface area contributed by atoms with Gasteiger partial charge < -0.3 is 14.3 Å². The second-order valence-corrected chi connectivity index (χ2v) is 7.30. The first-order chi connectivity index (χ1) is 14.7. The third-order valence-electron chi connectivity index (χ3n) is 5.17. The Kier molecular flexibility index (Phi) is 4.59. The quantitative estimate of drug-likeness (QED) is 0.514. The maximum absolute atomic E-state index is 12.8. The van der Waals surface area contributed by atoms with Gasteiger partial charge in [-0.1, -0.05) is 0 Å². The minimum atomic E-state index is -0.185. The number of hydrogen-bond donors (Lipinski definition) is 1. The third kappa shape index (κ3) is 3.47. The smallest absolute Gasteiger partial charge is 0.346 e. The lowest BCUT2D eigenvalue weighted by Gasteiger charge is -2.07. The summed E-state index contributed by atoms with van der Waals surface area (Å²) in [5.74, 6) is 0.930. The molecule has 0 aliphatic heterocycles. The van der Waals surface area contributed by atoms with Gasteiger partial charge in [0.15, 0.2) is 5.76 Å². The number of carbonyl (C=O) groups excluding carboxylic acids is 1. The van der Waals surface area contributed by atoms with Crippen LogP contribution in [-0.2, 0) is 6.54 Å². The Balaban J connectivity index is 1.25. The second kappa shape index (κ2) is 7.55. The lowest BCUT2D eigenvalue weighted by molar-refractivity contribution is 0.0952. The topological polar surface area (TPSA) is 87.0 Å². The van der Waals surface area contributed by atoms with Crippen molar-refractivity contribution >= 4 is 5.91 Å². The van der Waals surface area contributed by atoms with Crippen molar-refractivity contribution in [2.24, 2.45) is 0 Å². The van der Waals surface area contributed by atoms with Gasteiger partial charge in [0, 0.05) is 36.2 Å². The maximum atomic E-state index is 12.8. The molecular formula is C22H21N5O3. The molecule has 30 heavy (non-hydrogen) atoms. The molecule has 1 N–H and O–H groups in total. The van der Waals surface area contributed by atoms with Crippen molar-refractivity contribution in [1.82, 2.24) is 24.2 Å². The molecule has 0 atom stereocenters. The number of benzene rings is 1. The maximum Gasteiger partial charge on any atom is 0.346 e. The van der Waals surface area contributed by atoms with E-state index in [1.54, 1.807) is 35.1 Å². The van der Waals surface area contributed by atoms with Gasteiger partial charge in [0.1, 0.15) is 0 Å². The van der Waals surface area contributed by atoms with Crippen LogP contribution in [0.25, 0.3) is 17.3 Å². The highest BCUT2D eigenvalue weighted by molar-refractivity contribution is 5.94. The first kappa shape index (κ1) is 18.2. The summed E-state index contributed by atoms with van der Waals surface area (Å²) in [6.07, 6.45) is 7.40. The van der Waals surface area contributed by atoms with Gasteiger partial charge in [-0.15, -0.1) is 5.10 Å². The highest BCUT2D eigenvalue weighted by atomic mass is 16.3. The number of amides is 1. The zero-order valence-electron chi connectivity index (χ0n) is 16.3. The van der Waals surface area contributed by atoms with E-state index in [1.165, 1.54) is 4.68 Å². The van der Waals surface area contributed by atoms with E-state index in [1.807, 2.05) is 41.2 Å². The van der Waals surface area contributed by atoms with Crippen molar-refractivity contribution in [1.29, 1.82) is 0 Å². The van der Waals surface area contributed by atoms with Crippen LogP contribution in [0.2, 0.25) is 0 Å². The molecule has 0 saturated heterocycles. The number of rotatable bonds is 7. The number of nitrogens with one attached hydrogen (secondary N) is 1. The fourth-order valence-corrected chi connectivity index (χ4v) is 3.47. The van der Waals surface area contributed by atoms with Crippen LogP contribution in [0.1, 0.15) is 29.2 Å². The highest BCUT2D eigenvalue weighted by Gasteiger charge is 2.31. The van der Waals surface area contributed by atoms with E-state index in [0.29, 0.717) is 30.2 Å². The predicted molar refractivity (Wildman–Crippen MR) is 111 cm³/mol. The van der Waals surface area contributed by atoms with E-state index in [9.17, 15) is 9.59 Å². The standard InChI is InChI=1S/C22H21N5O3/c28-21(16-5-7-17(8-6-16)25-12-1-2-13-25)23-11-14-26-22(29)27(18-9-10-18)20(24-26)19-4-3-15-30-19/h1-8,12-13,15,18H,9-11,14H2,(H,23,28). The van der Waals surface area contributed by atoms with Gasteiger partial charge in [0.25, 0.3) is 5.91 Å². The molecule has 0 bridgehead atoms. The number of furan rings is 1. The number of aromatic nitrogens is 4. The van der Waals surface area contributed by atoms with Crippen LogP contribution in [0.4, 0.5) is 0 Å². The SMILES string of the molecule is O=C(NCCn1nc(-c2ccco2)n(C2CC2)c1=O)c1ccc(-n2cccc2)cc1. The second-order valence-electron chi connectivity index (χ2n) is 7.30. The average Bonchev–Trinajstić information content (AvgIpc) is 3.17. The molecule has 8 nitrogen and oxygen atoms in total. The molecule has 1 aliphatic carbocycles. The first-order valence-electron chi connectivity index (χ1n) is 9.95. The fraction of sp³-hybridized carbons (Fsp3) is 0.227. The van der Waals surface area contributed by atoms with Crippen molar-refractivity contribution in [3.05, 3.63) is 83.2 Å². The summed E-state index contributed by atoms with van der Waals surface area (Å²) >= 11 is 0. The minimum absolute atomic E-state index is 0.172. The van der Waals surface area contributed by atoms with Crippen LogP contribution in [0.15, 0.2) is 76.4 Å². The highest BCUT2D eigenvalue weighted by Crippen LogP contribution is 2.36. The Hall–Kier alpha value is -3.81. The number of nitrogens with zero attached hydrogens (tertiary/aromatic N) is 4. The van der Waals surface area contributed by atoms with Crippen molar-refractivity contribution in [2.45, 2.75) is 25.4 Å². The summed E-state index contributed by atoms with van der Waals surface area (Å²) < 4.78 is 10.5. The van der Waals surface area contributed by atoms with E-state index < -0.39 is 0 Å². The van der Waals surface area contributed by atoms with Gasteiger partial charge >= 0.3 is 5.69 Å². The zero-order chi connectivity index (χ0) is 20.5. The lowest BCUT2D eigenvalue weighted by atomic mass is 10.2. The number of hydrogen-bond acceptors (Lipinski definition) is 4. The van der Waals surface area contributed by atoms with Crippen LogP contribution in [0.3, 0.4) is 0 Å². The Labute approximate surface area is 172 Å². The molecule has 5 rings (SSSR count). The van der Waals surface area contributed by atoms with Crippen LogP contribution in [-0.4, -0.2) is 31.4 Å². The molecule has 1 saturated carbocycles. The van der Waals surface area contributed by atoms with Crippen LogP contribution < -0.4 is 11.0 Å². The summed E-state index contributed by atoms with van der Waals surface area (Å²) in [5, 5.41) is 7.30. The number of carbonyl (C=O) groups is 1. The van der Waals surface area contributed by atoms with E-state index in [-0.39, 0.29) is 17.6 Å². The molecule has 1 aromatic carbocycles. The monoisotopic (exact) mass is 403 g/mol. The van der Waals surface area contributed by atoms with Crippen LogP contribution >= 0.6 is 0 Å². The molecule has 4 aromatic rings. The van der Waals surface area contributed by atoms with E-state index in [4.69, 9.17) is 4.42 Å². The van der Waals surface area contributed by atoms with Gasteiger partial charge in [0.05, 0.1) is 12.8 Å². The van der Waals surface area contributed by atoms with Gasteiger partial charge in [-0.2, -0.15) is 0 Å².